The van der Waals surface area contributed by atoms with Crippen molar-refractivity contribution >= 4 is 34.3 Å². The van der Waals surface area contributed by atoms with Crippen molar-refractivity contribution in [1.82, 2.24) is 9.55 Å². The summed E-state index contributed by atoms with van der Waals surface area (Å²) in [6, 6.07) is 7.08. The number of nitriles is 1. The van der Waals surface area contributed by atoms with Gasteiger partial charge >= 0.3 is 11.8 Å². The zero-order valence-electron chi connectivity index (χ0n) is 18.6. The summed E-state index contributed by atoms with van der Waals surface area (Å²) in [6.07, 6.45) is 2.73. The van der Waals surface area contributed by atoms with Crippen LogP contribution in [-0.2, 0) is 9.53 Å². The van der Waals surface area contributed by atoms with Crippen LogP contribution in [-0.4, -0.2) is 27.2 Å². The normalized spacial score (nSPS) is 17.3. The molecular formula is C23H23N5O5. The Bertz CT molecular complexity index is 1360. The topological polar surface area (TPSA) is 139 Å². The fourth-order valence-corrected chi connectivity index (χ4v) is 3.50. The van der Waals surface area contributed by atoms with Crippen molar-refractivity contribution in [3.63, 3.8) is 0 Å². The number of amides is 2. The lowest BCUT2D eigenvalue weighted by atomic mass is 10.1. The van der Waals surface area contributed by atoms with Crippen molar-refractivity contribution in [3.8, 4) is 11.8 Å². The van der Waals surface area contributed by atoms with Crippen LogP contribution in [0.5, 0.6) is 0 Å². The van der Waals surface area contributed by atoms with Gasteiger partial charge in [0, 0.05) is 11.6 Å². The molecule has 170 valence electrons. The lowest BCUT2D eigenvalue weighted by molar-refractivity contribution is -0.117. The van der Waals surface area contributed by atoms with Gasteiger partial charge in [0.1, 0.15) is 17.7 Å². The van der Waals surface area contributed by atoms with Gasteiger partial charge in [-0.1, -0.05) is 0 Å². The van der Waals surface area contributed by atoms with E-state index < -0.39 is 17.5 Å². The maximum absolute atomic E-state index is 12.4. The lowest BCUT2D eigenvalue weighted by Gasteiger charge is -2.20. The van der Waals surface area contributed by atoms with E-state index in [1.807, 2.05) is 0 Å². The molecular weight excluding hydrogens is 426 g/mol. The number of carbonyl (C=O) groups excluding carboxylic acids is 2. The molecule has 0 bridgehead atoms. The molecule has 2 N–H and O–H groups in total. The van der Waals surface area contributed by atoms with E-state index in [0.29, 0.717) is 40.1 Å². The largest absolute Gasteiger partial charge is 0.444 e. The predicted molar refractivity (Wildman–Crippen MR) is 120 cm³/mol. The average molecular weight is 449 g/mol. The number of oxazole rings is 1. The Morgan fingerprint density at radius 2 is 2.03 bits per heavy atom. The van der Waals surface area contributed by atoms with Crippen molar-refractivity contribution in [1.29, 1.82) is 5.26 Å². The summed E-state index contributed by atoms with van der Waals surface area (Å²) in [5.74, 6) is -1.15. The van der Waals surface area contributed by atoms with E-state index in [0.717, 1.165) is 0 Å². The van der Waals surface area contributed by atoms with Gasteiger partial charge in [-0.05, 0) is 57.7 Å². The second kappa shape index (κ2) is 8.09. The molecule has 2 atom stereocenters. The Morgan fingerprint density at radius 3 is 2.64 bits per heavy atom. The highest BCUT2D eigenvalue weighted by Gasteiger charge is 2.43. The molecule has 2 amide bonds. The number of aromatic nitrogens is 2. The third-order valence-corrected chi connectivity index (χ3v) is 5.13. The van der Waals surface area contributed by atoms with Crippen LogP contribution in [0.25, 0.3) is 16.5 Å². The molecule has 0 radical (unpaired) electrons. The minimum atomic E-state index is -0.699. The van der Waals surface area contributed by atoms with E-state index >= 15 is 0 Å². The third-order valence-electron chi connectivity index (χ3n) is 5.13. The van der Waals surface area contributed by atoms with Gasteiger partial charge in [0.25, 0.3) is 0 Å². The fourth-order valence-electron chi connectivity index (χ4n) is 3.50. The first kappa shape index (κ1) is 22.1. The van der Waals surface area contributed by atoms with Crippen LogP contribution in [0.3, 0.4) is 0 Å². The van der Waals surface area contributed by atoms with Crippen LogP contribution in [0.4, 0.5) is 16.3 Å². The number of fused-ring (bicyclic) bond motifs is 1. The number of ether oxygens (including phenoxy) is 1. The Hall–Kier alpha value is -4.13. The number of pyridine rings is 1. The first-order valence-electron chi connectivity index (χ1n) is 10.4. The van der Waals surface area contributed by atoms with Crippen molar-refractivity contribution in [2.45, 2.75) is 39.7 Å². The highest BCUT2D eigenvalue weighted by atomic mass is 16.6. The number of rotatable bonds is 4. The minimum absolute atomic E-state index is 0.265. The summed E-state index contributed by atoms with van der Waals surface area (Å²) in [5, 5.41) is 15.6. The number of anilines is 2. The van der Waals surface area contributed by atoms with Gasteiger partial charge in [-0.25, -0.2) is 19.1 Å². The molecule has 1 fully saturated rings. The van der Waals surface area contributed by atoms with E-state index in [2.05, 4.69) is 21.7 Å². The smallest absolute Gasteiger partial charge is 0.423 e. The van der Waals surface area contributed by atoms with Gasteiger partial charge in [-0.2, -0.15) is 5.26 Å². The summed E-state index contributed by atoms with van der Waals surface area (Å²) in [5.41, 5.74) is 0.706. The second-order valence-electron chi connectivity index (χ2n) is 8.96. The number of benzene rings is 1. The molecule has 2 unspecified atom stereocenters. The second-order valence-corrected chi connectivity index (χ2v) is 8.96. The number of hydrogen-bond donors (Lipinski definition) is 2. The van der Waals surface area contributed by atoms with E-state index in [1.54, 1.807) is 45.9 Å². The van der Waals surface area contributed by atoms with E-state index in [-0.39, 0.29) is 17.7 Å². The standard InChI is InChI=1S/C23H23N5O5/c1-12-11-32-22(31)28(12)15-5-13-7-19(27-20(29)16-6-14(16)9-24)25-10-17(13)18(8-15)26-21(30)33-23(2,3)4/h5,7-8,10-11,14,16H,6H2,1-4H3,(H,26,30)(H,25,27,29). The van der Waals surface area contributed by atoms with Crippen molar-refractivity contribution in [2.24, 2.45) is 11.8 Å². The molecule has 0 saturated heterocycles. The average Bonchev–Trinajstić information content (AvgIpc) is 3.44. The Balaban J connectivity index is 1.75. The molecule has 3 aromatic rings. The SMILES string of the molecule is Cc1coc(=O)n1-c1cc(NC(=O)OC(C)(C)C)c2cnc(NC(=O)C3CC3C#N)cc2c1. The van der Waals surface area contributed by atoms with Crippen LogP contribution in [0.1, 0.15) is 32.9 Å². The molecule has 0 aliphatic heterocycles. The van der Waals surface area contributed by atoms with Crippen LogP contribution >= 0.6 is 0 Å². The van der Waals surface area contributed by atoms with Crippen molar-refractivity contribution in [3.05, 3.63) is 46.9 Å². The van der Waals surface area contributed by atoms with Gasteiger partial charge in [-0.3, -0.25) is 10.1 Å². The monoisotopic (exact) mass is 449 g/mol. The van der Waals surface area contributed by atoms with E-state index in [1.165, 1.54) is 17.0 Å². The van der Waals surface area contributed by atoms with Gasteiger partial charge in [0.15, 0.2) is 0 Å². The van der Waals surface area contributed by atoms with E-state index in [9.17, 15) is 14.4 Å². The van der Waals surface area contributed by atoms with E-state index in [4.69, 9.17) is 14.4 Å². The number of carbonyl (C=O) groups is 2. The fraction of sp³-hybridized carbons (Fsp3) is 0.348. The molecule has 1 aliphatic rings. The minimum Gasteiger partial charge on any atom is -0.444 e. The number of nitrogens with one attached hydrogen (secondary N) is 2. The van der Waals surface area contributed by atoms with Crippen LogP contribution < -0.4 is 16.4 Å². The molecule has 2 heterocycles. The molecule has 2 aromatic heterocycles. The maximum atomic E-state index is 12.4. The molecule has 10 nitrogen and oxygen atoms in total. The lowest BCUT2D eigenvalue weighted by Crippen LogP contribution is -2.27. The molecule has 33 heavy (non-hydrogen) atoms. The van der Waals surface area contributed by atoms with Gasteiger partial charge in [-0.15, -0.1) is 0 Å². The Morgan fingerprint density at radius 1 is 1.27 bits per heavy atom. The van der Waals surface area contributed by atoms with Gasteiger partial charge < -0.3 is 14.5 Å². The van der Waals surface area contributed by atoms with Crippen molar-refractivity contribution in [2.75, 3.05) is 10.6 Å². The highest BCUT2D eigenvalue weighted by Crippen LogP contribution is 2.38. The van der Waals surface area contributed by atoms with Crippen LogP contribution in [0.2, 0.25) is 0 Å². The predicted octanol–water partition coefficient (Wildman–Crippen LogP) is 3.73. The van der Waals surface area contributed by atoms with Crippen molar-refractivity contribution < 1.29 is 18.7 Å². The third kappa shape index (κ3) is 4.72. The molecule has 4 rings (SSSR count). The van der Waals surface area contributed by atoms with Crippen LogP contribution in [0.15, 0.2) is 39.9 Å². The number of nitrogens with zero attached hydrogens (tertiary/aromatic N) is 3. The summed E-state index contributed by atoms with van der Waals surface area (Å²) in [4.78, 5) is 41.3. The quantitative estimate of drug-likeness (QED) is 0.618. The molecule has 1 aromatic carbocycles. The summed E-state index contributed by atoms with van der Waals surface area (Å²) < 4.78 is 11.7. The zero-order valence-corrected chi connectivity index (χ0v) is 18.6. The molecule has 1 saturated carbocycles. The Kier molecular flexibility index (Phi) is 5.41. The summed E-state index contributed by atoms with van der Waals surface area (Å²) >= 11 is 0. The van der Waals surface area contributed by atoms with Crippen LogP contribution in [0, 0.1) is 30.1 Å². The molecule has 0 spiro atoms. The number of aryl methyl sites for hydroxylation is 1. The maximum Gasteiger partial charge on any atom is 0.423 e. The first-order chi connectivity index (χ1) is 15.6. The Labute approximate surface area is 189 Å². The van der Waals surface area contributed by atoms with Gasteiger partial charge in [0.05, 0.1) is 35.0 Å². The van der Waals surface area contributed by atoms with Gasteiger partial charge in [0.2, 0.25) is 5.91 Å². The zero-order chi connectivity index (χ0) is 23.9. The molecule has 1 aliphatic carbocycles. The first-order valence-corrected chi connectivity index (χ1v) is 10.4. The summed E-state index contributed by atoms with van der Waals surface area (Å²) in [6.45, 7) is 6.98. The number of hydrogen-bond acceptors (Lipinski definition) is 7. The molecule has 10 heteroatoms. The summed E-state index contributed by atoms with van der Waals surface area (Å²) in [7, 11) is 0. The highest BCUT2D eigenvalue weighted by molar-refractivity contribution is 6.03.